The van der Waals surface area contributed by atoms with E-state index in [0.717, 1.165) is 106 Å². The zero-order valence-corrected chi connectivity index (χ0v) is 44.6. The van der Waals surface area contributed by atoms with Gasteiger partial charge in [0.25, 0.3) is 0 Å². The molecule has 0 aliphatic rings. The number of rotatable bonds is 12. The second-order valence-electron chi connectivity index (χ2n) is 20.9. The van der Waals surface area contributed by atoms with Crippen LogP contribution in [0.3, 0.4) is 0 Å². The van der Waals surface area contributed by atoms with Crippen molar-refractivity contribution in [3.63, 3.8) is 0 Å². The Kier molecular flexibility index (Phi) is 11.7. The summed E-state index contributed by atoms with van der Waals surface area (Å²) in [7, 11) is 0. The summed E-state index contributed by atoms with van der Waals surface area (Å²) >= 11 is 1.83. The predicted octanol–water partition coefficient (Wildman–Crippen LogP) is 22.1. The maximum atomic E-state index is 6.83. The monoisotopic (exact) mass is 1030 g/mol. The smallest absolute Gasteiger partial charge is 0.142 e. The maximum Gasteiger partial charge on any atom is 0.142 e. The zero-order chi connectivity index (χ0) is 52.4. The van der Waals surface area contributed by atoms with Crippen molar-refractivity contribution < 1.29 is 13.3 Å². The summed E-state index contributed by atoms with van der Waals surface area (Å²) in [4.78, 5) is 5.86. The number of nitrogens with zero attached hydrogens (tertiary/aromatic N) is 2. The molecule has 376 valence electrons. The van der Waals surface area contributed by atoms with Gasteiger partial charge in [-0.25, -0.2) is 0 Å². The average Bonchev–Trinajstić information content (AvgIpc) is 4.37. The summed E-state index contributed by atoms with van der Waals surface area (Å²) in [6.07, 6.45) is 0. The lowest BCUT2D eigenvalue weighted by atomic mass is 10.0. The lowest BCUT2D eigenvalue weighted by Gasteiger charge is -2.26. The van der Waals surface area contributed by atoms with Crippen molar-refractivity contribution >= 4 is 99.2 Å². The molecule has 0 radical (unpaired) electrons. The molecule has 0 saturated carbocycles. The van der Waals surface area contributed by atoms with E-state index >= 15 is 0 Å². The third-order valence-corrected chi connectivity index (χ3v) is 16.5. The van der Waals surface area contributed by atoms with Crippen LogP contribution in [0.2, 0.25) is 0 Å². The van der Waals surface area contributed by atoms with Gasteiger partial charge in [0.05, 0.1) is 0 Å². The SMILES string of the molecule is CC(C)c1ccc(N(c2ccc(-c3cc4ccccc4o3)cc2)c2ccc(-c3cc4ccc5c(ccc6cc(-c7ccc(N(c8ccc(-c9cc%10ccccc%10o9)cc8)c8ccc(C(C)C)cc8)cc7)sc65)c4o3)cc2)cc1. The van der Waals surface area contributed by atoms with Crippen molar-refractivity contribution in [1.82, 2.24) is 0 Å². The number of hydrogen-bond acceptors (Lipinski definition) is 6. The summed E-state index contributed by atoms with van der Waals surface area (Å²) in [5.41, 5.74) is 16.1. The first-order valence-electron chi connectivity index (χ1n) is 26.8. The summed E-state index contributed by atoms with van der Waals surface area (Å²) in [6.45, 7) is 8.94. The van der Waals surface area contributed by atoms with Crippen LogP contribution in [0.25, 0.3) is 98.2 Å². The normalized spacial score (nSPS) is 11.8. The number of hydrogen-bond donors (Lipinski definition) is 0. The number of anilines is 6. The van der Waals surface area contributed by atoms with Gasteiger partial charge in [0.15, 0.2) is 0 Å². The van der Waals surface area contributed by atoms with Crippen molar-refractivity contribution in [2.75, 3.05) is 9.80 Å². The summed E-state index contributed by atoms with van der Waals surface area (Å²) < 4.78 is 20.5. The van der Waals surface area contributed by atoms with Gasteiger partial charge in [-0.05, 0) is 186 Å². The minimum absolute atomic E-state index is 0.442. The molecule has 14 aromatic rings. The molecule has 0 fully saturated rings. The zero-order valence-electron chi connectivity index (χ0n) is 43.8. The summed E-state index contributed by atoms with van der Waals surface area (Å²) in [5.74, 6) is 3.45. The molecule has 4 heterocycles. The Bertz CT molecular complexity index is 4110. The van der Waals surface area contributed by atoms with E-state index < -0.39 is 0 Å². The van der Waals surface area contributed by atoms with Crippen molar-refractivity contribution in [2.24, 2.45) is 0 Å². The lowest BCUT2D eigenvalue weighted by molar-refractivity contribution is 0.631. The molecule has 0 unspecified atom stereocenters. The van der Waals surface area contributed by atoms with Crippen LogP contribution in [0.4, 0.5) is 34.1 Å². The number of para-hydroxylation sites is 2. The van der Waals surface area contributed by atoms with Gasteiger partial charge in [-0.1, -0.05) is 119 Å². The fourth-order valence-electron chi connectivity index (χ4n) is 10.9. The van der Waals surface area contributed by atoms with Gasteiger partial charge in [-0.3, -0.25) is 0 Å². The fourth-order valence-corrected chi connectivity index (χ4v) is 12.1. The van der Waals surface area contributed by atoms with Gasteiger partial charge in [-0.2, -0.15) is 0 Å². The van der Waals surface area contributed by atoms with Gasteiger partial charge in [0.2, 0.25) is 0 Å². The topological polar surface area (TPSA) is 45.9 Å². The highest BCUT2D eigenvalue weighted by Crippen LogP contribution is 2.44. The van der Waals surface area contributed by atoms with Crippen LogP contribution in [0.15, 0.2) is 256 Å². The van der Waals surface area contributed by atoms with E-state index in [1.54, 1.807) is 0 Å². The highest BCUT2D eigenvalue weighted by atomic mass is 32.1. The van der Waals surface area contributed by atoms with Crippen molar-refractivity contribution in [2.45, 2.75) is 39.5 Å². The van der Waals surface area contributed by atoms with Crippen molar-refractivity contribution in [1.29, 1.82) is 0 Å². The Morgan fingerprint density at radius 3 is 1.13 bits per heavy atom. The second-order valence-corrected chi connectivity index (χ2v) is 22.0. The van der Waals surface area contributed by atoms with Crippen LogP contribution in [0, 0.1) is 0 Å². The highest BCUT2D eigenvalue weighted by molar-refractivity contribution is 7.23. The first-order chi connectivity index (χ1) is 38.2. The summed E-state index contributed by atoms with van der Waals surface area (Å²) in [5, 5.41) is 6.80. The maximum absolute atomic E-state index is 6.83. The average molecular weight is 1030 g/mol. The van der Waals surface area contributed by atoms with E-state index in [1.807, 2.05) is 47.7 Å². The molecule has 0 aliphatic heterocycles. The minimum Gasteiger partial charge on any atom is -0.456 e. The molecule has 6 heteroatoms. The Labute approximate surface area is 457 Å². The number of thiophene rings is 1. The van der Waals surface area contributed by atoms with E-state index in [9.17, 15) is 0 Å². The van der Waals surface area contributed by atoms with Gasteiger partial charge < -0.3 is 23.1 Å². The number of furan rings is 3. The van der Waals surface area contributed by atoms with E-state index in [1.165, 1.54) is 37.0 Å². The standard InChI is InChI=1S/C72H54N2O3S/c1-45(2)47-13-27-57(28-14-47)73(59-31-17-49(18-32-59)67-41-53-9-5-7-11-65(53)75-67)61-35-21-51(22-36-61)69-43-55-25-40-64-63(71(55)77-69)39-26-56-44-70(78-72(56)64)52-23-37-62(38-24-52)74(58-29-15-48(16-30-58)46(3)4)60-33-19-50(20-34-60)68-42-54-10-6-8-12-66(54)76-68/h5-46H,1-4H3. The molecular weight excluding hydrogens is 973 g/mol. The highest BCUT2D eigenvalue weighted by Gasteiger charge is 2.19. The van der Waals surface area contributed by atoms with E-state index in [4.69, 9.17) is 13.3 Å². The van der Waals surface area contributed by atoms with Gasteiger partial charge in [0, 0.05) is 87.3 Å². The Balaban J connectivity index is 0.750. The predicted molar refractivity (Wildman–Crippen MR) is 328 cm³/mol. The molecule has 78 heavy (non-hydrogen) atoms. The summed E-state index contributed by atoms with van der Waals surface area (Å²) in [6, 6.07) is 86.9. The van der Waals surface area contributed by atoms with Gasteiger partial charge in [-0.15, -0.1) is 11.3 Å². The van der Waals surface area contributed by atoms with Crippen LogP contribution in [-0.4, -0.2) is 0 Å². The van der Waals surface area contributed by atoms with E-state index in [2.05, 4.69) is 244 Å². The van der Waals surface area contributed by atoms with E-state index in [0.29, 0.717) is 11.8 Å². The van der Waals surface area contributed by atoms with Crippen LogP contribution < -0.4 is 9.80 Å². The van der Waals surface area contributed by atoms with Crippen LogP contribution in [0.1, 0.15) is 50.7 Å². The first kappa shape index (κ1) is 47.1. The van der Waals surface area contributed by atoms with Gasteiger partial charge >= 0.3 is 0 Å². The molecule has 14 rings (SSSR count). The Morgan fingerprint density at radius 1 is 0.321 bits per heavy atom. The molecule has 0 aliphatic carbocycles. The second kappa shape index (κ2) is 19.3. The minimum atomic E-state index is 0.442. The van der Waals surface area contributed by atoms with Crippen molar-refractivity contribution in [3.8, 4) is 44.4 Å². The molecule has 0 amide bonds. The van der Waals surface area contributed by atoms with E-state index in [-0.39, 0.29) is 0 Å². The first-order valence-corrected chi connectivity index (χ1v) is 27.6. The fraction of sp³-hybridized carbons (Fsp3) is 0.0833. The van der Waals surface area contributed by atoms with Crippen LogP contribution >= 0.6 is 11.3 Å². The quantitative estimate of drug-likeness (QED) is 0.122. The third kappa shape index (κ3) is 8.61. The van der Waals surface area contributed by atoms with Gasteiger partial charge in [0.1, 0.15) is 34.0 Å². The van der Waals surface area contributed by atoms with Crippen molar-refractivity contribution in [3.05, 3.63) is 254 Å². The molecule has 0 saturated heterocycles. The van der Waals surface area contributed by atoms with Crippen LogP contribution in [0.5, 0.6) is 0 Å². The molecule has 0 N–H and O–H groups in total. The Morgan fingerprint density at radius 2 is 0.692 bits per heavy atom. The lowest BCUT2D eigenvalue weighted by Crippen LogP contribution is -2.10. The Hall–Kier alpha value is -9.36. The molecule has 4 aromatic heterocycles. The largest absolute Gasteiger partial charge is 0.456 e. The number of fused-ring (bicyclic) bond motifs is 7. The molecular formula is C72H54N2O3S. The van der Waals surface area contributed by atoms with Crippen LogP contribution in [-0.2, 0) is 0 Å². The molecule has 5 nitrogen and oxygen atoms in total. The molecule has 0 bridgehead atoms. The molecule has 0 spiro atoms. The number of benzene rings is 10. The molecule has 10 aromatic carbocycles. The molecule has 0 atom stereocenters. The third-order valence-electron chi connectivity index (χ3n) is 15.3.